The zero-order valence-corrected chi connectivity index (χ0v) is 7.66. The smallest absolute Gasteiger partial charge is 0 e. The minimum atomic E-state index is 0. The van der Waals surface area contributed by atoms with E-state index in [2.05, 4.69) is 0 Å². The van der Waals surface area contributed by atoms with Gasteiger partial charge in [0.25, 0.3) is 0 Å². The summed E-state index contributed by atoms with van der Waals surface area (Å²) in [5.41, 5.74) is 0. The molecular weight excluding hydrogens is 286 g/mol. The van der Waals surface area contributed by atoms with Gasteiger partial charge in [0.2, 0.25) is 0 Å². The summed E-state index contributed by atoms with van der Waals surface area (Å²) in [6, 6.07) is 0. The Morgan fingerprint density at radius 3 is 1.00 bits per heavy atom. The average molecular weight is 299 g/mol. The largest absolute Gasteiger partial charge is 0.358 e. The summed E-state index contributed by atoms with van der Waals surface area (Å²) >= 11 is 0. The summed E-state index contributed by atoms with van der Waals surface area (Å²) in [6.45, 7) is 4.00. The van der Waals surface area contributed by atoms with E-state index in [0.717, 1.165) is 0 Å². The van der Waals surface area contributed by atoms with Crippen molar-refractivity contribution in [1.82, 2.24) is 0 Å². The first-order valence-corrected chi connectivity index (χ1v) is 1.00. The van der Waals surface area contributed by atoms with Gasteiger partial charge in [0.1, 0.15) is 0 Å². The van der Waals surface area contributed by atoms with E-state index in [4.69, 9.17) is 0 Å². The Hall–Kier alpha value is 1.05. The van der Waals surface area contributed by atoms with Crippen molar-refractivity contribution in [1.29, 1.82) is 0 Å². The SMILES string of the molecule is C.CC.[CH3-].[U]. The first-order valence-electron chi connectivity index (χ1n) is 1.00. The van der Waals surface area contributed by atoms with Gasteiger partial charge in [-0.1, -0.05) is 21.3 Å². The Bertz CT molecular complexity index is 3.61. The Morgan fingerprint density at radius 1 is 1.00 bits per heavy atom. The van der Waals surface area contributed by atoms with Gasteiger partial charge >= 0.3 is 0 Å². The molecule has 0 aromatic rings. The monoisotopic (exact) mass is 299 g/mol. The molecule has 0 aliphatic heterocycles. The van der Waals surface area contributed by atoms with Gasteiger partial charge in [0.05, 0.1) is 0 Å². The second-order valence-corrected chi connectivity index (χ2v) is 0. The van der Waals surface area contributed by atoms with Crippen LogP contribution in [0.1, 0.15) is 21.3 Å². The fourth-order valence-corrected chi connectivity index (χ4v) is 0. The van der Waals surface area contributed by atoms with Crippen LogP contribution in [0.25, 0.3) is 0 Å². The topological polar surface area (TPSA) is 0 Å². The van der Waals surface area contributed by atoms with Crippen molar-refractivity contribution in [2.24, 2.45) is 0 Å². The second-order valence-electron chi connectivity index (χ2n) is 0. The quantitative estimate of drug-likeness (QED) is 0.601. The Balaban J connectivity index is -0.00000000167. The van der Waals surface area contributed by atoms with E-state index < -0.39 is 0 Å². The second kappa shape index (κ2) is 75.0. The molecule has 0 aromatic carbocycles. The zero-order valence-electron chi connectivity index (χ0n) is 3.50. The first-order chi connectivity index (χ1) is 1.00. The van der Waals surface area contributed by atoms with Gasteiger partial charge in [0.15, 0.2) is 0 Å². The van der Waals surface area contributed by atoms with Gasteiger partial charge in [-0.15, -0.1) is 0 Å². The third-order valence-electron chi connectivity index (χ3n) is 0. The first kappa shape index (κ1) is 36.7. The third kappa shape index (κ3) is 42.5. The van der Waals surface area contributed by atoms with Gasteiger partial charge in [-0.2, -0.15) is 0 Å². The molecule has 5 heavy (non-hydrogen) atoms. The van der Waals surface area contributed by atoms with Crippen LogP contribution in [0.15, 0.2) is 0 Å². The van der Waals surface area contributed by atoms with E-state index in [9.17, 15) is 0 Å². The predicted octanol–water partition coefficient (Wildman–Crippen LogP) is 2.11. The molecule has 0 N–H and O–H groups in total. The van der Waals surface area contributed by atoms with Crippen LogP contribution in [-0.2, 0) is 0 Å². The Labute approximate surface area is 59.7 Å². The minimum absolute atomic E-state index is 0. The molecular formula is C4H13U-. The van der Waals surface area contributed by atoms with E-state index >= 15 is 0 Å². The molecule has 0 rings (SSSR count). The van der Waals surface area contributed by atoms with Crippen LogP contribution in [-0.4, -0.2) is 0 Å². The molecule has 0 aliphatic rings. The molecule has 0 heterocycles. The van der Waals surface area contributed by atoms with E-state index in [1.54, 1.807) is 0 Å². The van der Waals surface area contributed by atoms with Crippen LogP contribution in [0.5, 0.6) is 0 Å². The summed E-state index contributed by atoms with van der Waals surface area (Å²) in [4.78, 5) is 0. The number of hydrogen-bond acceptors (Lipinski definition) is 0. The summed E-state index contributed by atoms with van der Waals surface area (Å²) in [6.07, 6.45) is 0. The van der Waals surface area contributed by atoms with Crippen LogP contribution in [0.3, 0.4) is 0 Å². The maximum absolute atomic E-state index is 2.00. The van der Waals surface area contributed by atoms with Crippen LogP contribution >= 0.6 is 0 Å². The molecule has 0 radical (unpaired) electrons. The Morgan fingerprint density at radius 2 is 1.00 bits per heavy atom. The maximum Gasteiger partial charge on any atom is 0 e. The maximum atomic E-state index is 2.00. The molecule has 0 saturated heterocycles. The van der Waals surface area contributed by atoms with Gasteiger partial charge < -0.3 is 7.43 Å². The van der Waals surface area contributed by atoms with Crippen LogP contribution in [0.2, 0.25) is 0 Å². The molecule has 0 nitrogen and oxygen atoms in total. The normalized spacial score (nSPS) is 1.20. The van der Waals surface area contributed by atoms with Crippen molar-refractivity contribution >= 4 is 0 Å². The van der Waals surface area contributed by atoms with Crippen LogP contribution < -0.4 is 0 Å². The molecule has 1 heteroatoms. The fraction of sp³-hybridized carbons (Fsp3) is 0.750. The predicted molar refractivity (Wildman–Crippen MR) is 24.5 cm³/mol. The van der Waals surface area contributed by atoms with Crippen molar-refractivity contribution in [3.63, 3.8) is 0 Å². The molecule has 0 atom stereocenters. The van der Waals surface area contributed by atoms with E-state index in [1.165, 1.54) is 0 Å². The van der Waals surface area contributed by atoms with E-state index in [-0.39, 0.29) is 46.0 Å². The van der Waals surface area contributed by atoms with E-state index in [0.29, 0.717) is 0 Å². The molecule has 0 aliphatic carbocycles. The third-order valence-corrected chi connectivity index (χ3v) is 0. The Kier molecular flexibility index (Phi) is 550. The summed E-state index contributed by atoms with van der Waals surface area (Å²) < 4.78 is 0. The van der Waals surface area contributed by atoms with Crippen molar-refractivity contribution in [2.45, 2.75) is 21.3 Å². The molecule has 34 valence electrons. The van der Waals surface area contributed by atoms with Crippen molar-refractivity contribution in [3.05, 3.63) is 7.43 Å². The van der Waals surface area contributed by atoms with Crippen molar-refractivity contribution < 1.29 is 31.1 Å². The number of rotatable bonds is 0. The molecule has 0 bridgehead atoms. The number of hydrogen-bond donors (Lipinski definition) is 0. The van der Waals surface area contributed by atoms with Crippen molar-refractivity contribution in [3.8, 4) is 0 Å². The molecule has 0 amide bonds. The average Bonchev–Trinajstić information content (AvgIpc) is 1.00. The molecule has 0 saturated carbocycles. The molecule has 0 fully saturated rings. The van der Waals surface area contributed by atoms with Gasteiger partial charge in [-0.05, 0) is 0 Å². The van der Waals surface area contributed by atoms with Gasteiger partial charge in [0, 0.05) is 31.1 Å². The van der Waals surface area contributed by atoms with E-state index in [1.807, 2.05) is 13.8 Å². The van der Waals surface area contributed by atoms with Crippen LogP contribution in [0.4, 0.5) is 0 Å². The summed E-state index contributed by atoms with van der Waals surface area (Å²) in [5, 5.41) is 0. The summed E-state index contributed by atoms with van der Waals surface area (Å²) in [7, 11) is 0. The molecule has 0 spiro atoms. The van der Waals surface area contributed by atoms with Crippen molar-refractivity contribution in [2.75, 3.05) is 0 Å². The standard InChI is InChI=1S/C2H6.CH4.CH3.U/c1-2;;;/h1-2H3;1H4;1H3;/q;;-1;. The minimum Gasteiger partial charge on any atom is -0.358 e. The molecule has 0 aromatic heterocycles. The fourth-order valence-electron chi connectivity index (χ4n) is 0. The van der Waals surface area contributed by atoms with Crippen LogP contribution in [0, 0.1) is 38.5 Å². The van der Waals surface area contributed by atoms with Gasteiger partial charge in [-0.3, -0.25) is 0 Å². The molecule has 0 unspecified atom stereocenters. The summed E-state index contributed by atoms with van der Waals surface area (Å²) in [5.74, 6) is 0. The van der Waals surface area contributed by atoms with Gasteiger partial charge in [-0.25, -0.2) is 0 Å². The zero-order chi connectivity index (χ0) is 2.00.